The zero-order valence-electron chi connectivity index (χ0n) is 14.3. The van der Waals surface area contributed by atoms with Gasteiger partial charge in [0.25, 0.3) is 0 Å². The Morgan fingerprint density at radius 1 is 1.33 bits per heavy atom. The molecular weight excluding hydrogens is 320 g/mol. The molecule has 128 valence electrons. The van der Waals surface area contributed by atoms with E-state index in [1.807, 2.05) is 31.2 Å². The van der Waals surface area contributed by atoms with Gasteiger partial charge in [-0.05, 0) is 44.4 Å². The first kappa shape index (κ1) is 17.0. The molecule has 1 fully saturated rings. The summed E-state index contributed by atoms with van der Waals surface area (Å²) in [5.74, 6) is 1.96. The fourth-order valence-electron chi connectivity index (χ4n) is 3.24. The van der Waals surface area contributed by atoms with E-state index >= 15 is 0 Å². The van der Waals surface area contributed by atoms with Crippen LogP contribution in [0, 0.1) is 6.92 Å². The van der Waals surface area contributed by atoms with Crippen molar-refractivity contribution in [2.45, 2.75) is 57.1 Å². The van der Waals surface area contributed by atoms with Gasteiger partial charge in [-0.3, -0.25) is 4.79 Å². The molecular formula is C18H24N4OS. The van der Waals surface area contributed by atoms with E-state index in [0.717, 1.165) is 28.8 Å². The summed E-state index contributed by atoms with van der Waals surface area (Å²) in [6.07, 6.45) is 4.97. The van der Waals surface area contributed by atoms with E-state index in [-0.39, 0.29) is 5.91 Å². The quantitative estimate of drug-likeness (QED) is 0.805. The van der Waals surface area contributed by atoms with Gasteiger partial charge in [0.1, 0.15) is 5.82 Å². The Hall–Kier alpha value is -1.82. The van der Waals surface area contributed by atoms with E-state index in [2.05, 4.69) is 27.0 Å². The van der Waals surface area contributed by atoms with E-state index < -0.39 is 0 Å². The number of carbonyl (C=O) groups is 1. The minimum Gasteiger partial charge on any atom is -0.325 e. The third kappa shape index (κ3) is 3.98. The normalized spacial score (nSPS) is 14.9. The summed E-state index contributed by atoms with van der Waals surface area (Å²) >= 11 is 1.46. The number of amides is 1. The number of benzene rings is 1. The van der Waals surface area contributed by atoms with E-state index in [4.69, 9.17) is 0 Å². The van der Waals surface area contributed by atoms with Crippen molar-refractivity contribution in [3.63, 3.8) is 0 Å². The standard InChI is InChI=1S/C18H24N4OS/c1-3-22-17(14-8-4-5-9-14)20-21-18(22)24-12-16(23)19-15-10-6-7-13(2)11-15/h6-7,10-11,14H,3-5,8-9,12H2,1-2H3,(H,19,23). The number of thioether (sulfide) groups is 1. The van der Waals surface area contributed by atoms with Crippen LogP contribution in [-0.2, 0) is 11.3 Å². The molecule has 3 rings (SSSR count). The maximum absolute atomic E-state index is 12.2. The van der Waals surface area contributed by atoms with Gasteiger partial charge in [0.15, 0.2) is 5.16 Å². The minimum absolute atomic E-state index is 0.0151. The average Bonchev–Trinajstić information content (AvgIpc) is 3.21. The van der Waals surface area contributed by atoms with Crippen LogP contribution in [0.25, 0.3) is 0 Å². The minimum atomic E-state index is -0.0151. The highest BCUT2D eigenvalue weighted by atomic mass is 32.2. The molecule has 0 atom stereocenters. The molecule has 6 heteroatoms. The van der Waals surface area contributed by atoms with Gasteiger partial charge < -0.3 is 9.88 Å². The van der Waals surface area contributed by atoms with Gasteiger partial charge in [0.05, 0.1) is 5.75 Å². The Balaban J connectivity index is 1.60. The van der Waals surface area contributed by atoms with Crippen LogP contribution >= 0.6 is 11.8 Å². The van der Waals surface area contributed by atoms with Crippen LogP contribution in [0.3, 0.4) is 0 Å². The molecule has 1 heterocycles. The van der Waals surface area contributed by atoms with Crippen LogP contribution in [0.5, 0.6) is 0 Å². The van der Waals surface area contributed by atoms with Crippen LogP contribution in [0.2, 0.25) is 0 Å². The maximum atomic E-state index is 12.2. The smallest absolute Gasteiger partial charge is 0.234 e. The average molecular weight is 344 g/mol. The number of nitrogens with one attached hydrogen (secondary N) is 1. The summed E-state index contributed by atoms with van der Waals surface area (Å²) < 4.78 is 2.17. The number of carbonyl (C=O) groups excluding carboxylic acids is 1. The Labute approximate surface area is 147 Å². The Kier molecular flexibility index (Phi) is 5.56. The second-order valence-electron chi connectivity index (χ2n) is 6.27. The van der Waals surface area contributed by atoms with Gasteiger partial charge in [-0.1, -0.05) is 36.7 Å². The van der Waals surface area contributed by atoms with Gasteiger partial charge in [-0.15, -0.1) is 10.2 Å². The Morgan fingerprint density at radius 2 is 2.12 bits per heavy atom. The van der Waals surface area contributed by atoms with E-state index in [1.54, 1.807) is 0 Å². The lowest BCUT2D eigenvalue weighted by molar-refractivity contribution is -0.113. The summed E-state index contributed by atoms with van der Waals surface area (Å²) in [6, 6.07) is 7.83. The molecule has 1 aromatic carbocycles. The van der Waals surface area contributed by atoms with Crippen LogP contribution in [0.1, 0.15) is 49.9 Å². The zero-order valence-corrected chi connectivity index (χ0v) is 15.1. The van der Waals surface area contributed by atoms with Crippen LogP contribution in [-0.4, -0.2) is 26.4 Å². The second-order valence-corrected chi connectivity index (χ2v) is 7.22. The molecule has 1 saturated carbocycles. The van der Waals surface area contributed by atoms with Crippen molar-refractivity contribution >= 4 is 23.4 Å². The zero-order chi connectivity index (χ0) is 16.9. The largest absolute Gasteiger partial charge is 0.325 e. The molecule has 24 heavy (non-hydrogen) atoms. The number of rotatable bonds is 6. The summed E-state index contributed by atoms with van der Waals surface area (Å²) in [7, 11) is 0. The lowest BCUT2D eigenvalue weighted by Crippen LogP contribution is -2.15. The molecule has 0 unspecified atom stereocenters. The molecule has 0 spiro atoms. The van der Waals surface area contributed by atoms with Gasteiger partial charge in [0, 0.05) is 18.2 Å². The highest BCUT2D eigenvalue weighted by Gasteiger charge is 2.24. The molecule has 0 bridgehead atoms. The summed E-state index contributed by atoms with van der Waals surface area (Å²) in [5, 5.41) is 12.5. The van der Waals surface area contributed by atoms with Crippen LogP contribution in [0.4, 0.5) is 5.69 Å². The summed E-state index contributed by atoms with van der Waals surface area (Å²) in [5.41, 5.74) is 1.97. The van der Waals surface area contributed by atoms with E-state index in [0.29, 0.717) is 11.7 Å². The summed E-state index contributed by atoms with van der Waals surface area (Å²) in [4.78, 5) is 12.2. The van der Waals surface area contributed by atoms with Crippen molar-refractivity contribution in [1.29, 1.82) is 0 Å². The lowest BCUT2D eigenvalue weighted by Gasteiger charge is -2.11. The molecule has 2 aromatic rings. The molecule has 1 aliphatic rings. The number of aromatic nitrogens is 3. The number of hydrogen-bond donors (Lipinski definition) is 1. The molecule has 1 aliphatic carbocycles. The van der Waals surface area contributed by atoms with Crippen molar-refractivity contribution in [3.8, 4) is 0 Å². The molecule has 1 amide bonds. The van der Waals surface area contributed by atoms with Crippen molar-refractivity contribution in [3.05, 3.63) is 35.7 Å². The van der Waals surface area contributed by atoms with E-state index in [1.165, 1.54) is 37.4 Å². The SMILES string of the molecule is CCn1c(SCC(=O)Nc2cccc(C)c2)nnc1C1CCCC1. The lowest BCUT2D eigenvalue weighted by atomic mass is 10.1. The monoisotopic (exact) mass is 344 g/mol. The first-order valence-corrected chi connectivity index (χ1v) is 9.58. The maximum Gasteiger partial charge on any atom is 0.234 e. The van der Waals surface area contributed by atoms with E-state index in [9.17, 15) is 4.79 Å². The van der Waals surface area contributed by atoms with Crippen molar-refractivity contribution < 1.29 is 4.79 Å². The first-order chi connectivity index (χ1) is 11.7. The number of anilines is 1. The van der Waals surface area contributed by atoms with Crippen LogP contribution < -0.4 is 5.32 Å². The molecule has 0 radical (unpaired) electrons. The third-order valence-corrected chi connectivity index (χ3v) is 5.38. The Bertz CT molecular complexity index is 707. The van der Waals surface area contributed by atoms with Gasteiger partial charge >= 0.3 is 0 Å². The number of hydrogen-bond acceptors (Lipinski definition) is 4. The summed E-state index contributed by atoms with van der Waals surface area (Å²) in [6.45, 7) is 4.97. The van der Waals surface area contributed by atoms with Crippen molar-refractivity contribution in [1.82, 2.24) is 14.8 Å². The first-order valence-electron chi connectivity index (χ1n) is 8.59. The van der Waals surface area contributed by atoms with Crippen molar-refractivity contribution in [2.75, 3.05) is 11.1 Å². The Morgan fingerprint density at radius 3 is 2.83 bits per heavy atom. The molecule has 1 N–H and O–H groups in total. The number of nitrogens with zero attached hydrogens (tertiary/aromatic N) is 3. The van der Waals surface area contributed by atoms with Crippen LogP contribution in [0.15, 0.2) is 29.4 Å². The topological polar surface area (TPSA) is 59.8 Å². The number of aryl methyl sites for hydroxylation is 1. The highest BCUT2D eigenvalue weighted by Crippen LogP contribution is 2.34. The predicted molar refractivity (Wildman–Crippen MR) is 97.4 cm³/mol. The van der Waals surface area contributed by atoms with Gasteiger partial charge in [-0.25, -0.2) is 0 Å². The molecule has 1 aromatic heterocycles. The third-order valence-electron chi connectivity index (χ3n) is 4.42. The fourth-order valence-corrected chi connectivity index (χ4v) is 4.05. The molecule has 0 saturated heterocycles. The van der Waals surface area contributed by atoms with Gasteiger partial charge in [-0.2, -0.15) is 0 Å². The second kappa shape index (κ2) is 7.83. The highest BCUT2D eigenvalue weighted by molar-refractivity contribution is 7.99. The predicted octanol–water partition coefficient (Wildman–Crippen LogP) is 3.99. The van der Waals surface area contributed by atoms with Gasteiger partial charge in [0.2, 0.25) is 5.91 Å². The molecule has 0 aliphatic heterocycles. The molecule has 5 nitrogen and oxygen atoms in total. The van der Waals surface area contributed by atoms with Crippen molar-refractivity contribution in [2.24, 2.45) is 0 Å². The fraction of sp³-hybridized carbons (Fsp3) is 0.500.